The van der Waals surface area contributed by atoms with Crippen molar-refractivity contribution in [2.75, 3.05) is 0 Å². The van der Waals surface area contributed by atoms with Gasteiger partial charge in [-0.1, -0.05) is 0 Å². The van der Waals surface area contributed by atoms with E-state index in [0.29, 0.717) is 0 Å². The van der Waals surface area contributed by atoms with E-state index in [9.17, 15) is 0 Å². The van der Waals surface area contributed by atoms with Crippen LogP contribution >= 0.6 is 0 Å². The van der Waals surface area contributed by atoms with Gasteiger partial charge < -0.3 is 2.85 Å². The van der Waals surface area contributed by atoms with Gasteiger partial charge in [-0.15, -0.1) is 0 Å². The van der Waals surface area contributed by atoms with Crippen LogP contribution in [0.2, 0.25) is 0 Å². The average Bonchev–Trinajstić information content (AvgIpc) is 0. The van der Waals surface area contributed by atoms with Gasteiger partial charge in [-0.3, -0.25) is 0 Å². The van der Waals surface area contributed by atoms with Gasteiger partial charge in [0.1, 0.15) is 0 Å². The Balaban J connectivity index is 0. The first-order chi connectivity index (χ1) is 0. The minimum atomic E-state index is 0. The van der Waals surface area contributed by atoms with Crippen molar-refractivity contribution in [3.8, 4) is 0 Å². The summed E-state index contributed by atoms with van der Waals surface area (Å²) in [6, 6.07) is 0. The van der Waals surface area contributed by atoms with Crippen molar-refractivity contribution in [2.45, 2.75) is 0 Å². The minimum absolute atomic E-state index is 0. The Morgan fingerprint density at radius 2 is 1.14 bits per heavy atom. The molecule has 7 heteroatoms. The van der Waals surface area contributed by atoms with Gasteiger partial charge in [0.2, 0.25) is 0 Å². The molecule has 0 aliphatic rings. The average molecular weight is 353 g/mol. The van der Waals surface area contributed by atoms with E-state index in [1.165, 1.54) is 0 Å². The minimum Gasteiger partial charge on any atom is -1.00 e. The van der Waals surface area contributed by atoms with Crippen molar-refractivity contribution in [3.05, 3.63) is 0 Å². The first-order valence-electron chi connectivity index (χ1n) is 0. The topological polar surface area (TPSA) is 0 Å². The molecule has 0 aromatic heterocycles. The maximum Gasteiger partial charge on any atom is 2.00 e. The number of hydrogen-bond acceptors (Lipinski definition) is 0. The molecule has 0 fully saturated rings. The van der Waals surface area contributed by atoms with Crippen LogP contribution in [-0.2, 0) is 87.2 Å². The van der Waals surface area contributed by atoms with E-state index in [1.807, 2.05) is 0 Å². The summed E-state index contributed by atoms with van der Waals surface area (Å²) in [5.41, 5.74) is 0. The van der Waals surface area contributed by atoms with Crippen LogP contribution in [0, 0.1) is 0 Å². The second-order valence-electron chi connectivity index (χ2n) is 0. The molecular formula is H2CuFeMgMnNiSiZn. The maximum atomic E-state index is 0. The van der Waals surface area contributed by atoms with Gasteiger partial charge in [0.05, 0.1) is 0 Å². The van der Waals surface area contributed by atoms with Crippen LogP contribution < -0.4 is 0 Å². The second-order valence-corrected chi connectivity index (χ2v) is 0. The summed E-state index contributed by atoms with van der Waals surface area (Å²) in [6.45, 7) is 0. The van der Waals surface area contributed by atoms with Crippen molar-refractivity contribution in [1.29, 1.82) is 0 Å². The molecule has 0 aliphatic heterocycles. The number of rotatable bonds is 0. The SMILES string of the molecule is [Cu].[Fe].[H-].[H-].[Mg+2].[Mn].[Ni].[Si].[Zn]. The molecule has 0 saturated heterocycles. The van der Waals surface area contributed by atoms with E-state index >= 15 is 0 Å². The fourth-order valence-electron chi connectivity index (χ4n) is 0. The summed E-state index contributed by atoms with van der Waals surface area (Å²) in [5, 5.41) is 0. The van der Waals surface area contributed by atoms with Gasteiger partial charge in [-0.2, -0.15) is 0 Å². The summed E-state index contributed by atoms with van der Waals surface area (Å²) in [7, 11) is 0. The molecule has 0 nitrogen and oxygen atoms in total. The fourth-order valence-corrected chi connectivity index (χ4v) is 0. The third-order valence-electron chi connectivity index (χ3n) is 0. The van der Waals surface area contributed by atoms with Gasteiger partial charge in [-0.05, 0) is 0 Å². The molecule has 0 saturated carbocycles. The molecule has 46 valence electrons. The Morgan fingerprint density at radius 3 is 1.14 bits per heavy atom. The van der Waals surface area contributed by atoms with Crippen LogP contribution in [0.1, 0.15) is 2.85 Å². The van der Waals surface area contributed by atoms with Crippen LogP contribution in [0.15, 0.2) is 0 Å². The molecule has 0 amide bonds. The van der Waals surface area contributed by atoms with Crippen molar-refractivity contribution in [1.82, 2.24) is 0 Å². The zero-order valence-corrected chi connectivity index (χ0v) is 12.9. The standard InChI is InChI=1S/Cu.Fe.Mg.Mn.Ni.Si.Zn.2H/q;;+2;;;;;2*-1. The molecule has 0 atom stereocenters. The van der Waals surface area contributed by atoms with E-state index in [0.717, 1.165) is 0 Å². The van der Waals surface area contributed by atoms with Gasteiger partial charge >= 0.3 is 23.1 Å². The summed E-state index contributed by atoms with van der Waals surface area (Å²) in [5.74, 6) is 0. The van der Waals surface area contributed by atoms with Crippen LogP contribution in [0.4, 0.5) is 0 Å². The quantitative estimate of drug-likeness (QED) is 0.513. The van der Waals surface area contributed by atoms with Crippen LogP contribution in [0.3, 0.4) is 0 Å². The van der Waals surface area contributed by atoms with Crippen molar-refractivity contribution in [3.63, 3.8) is 0 Å². The Kier molecular flexibility index (Phi) is 574. The molecule has 6 radical (unpaired) electrons. The first-order valence-corrected chi connectivity index (χ1v) is 0. The predicted molar refractivity (Wildman–Crippen MR) is 13.7 cm³/mol. The summed E-state index contributed by atoms with van der Waals surface area (Å²) in [6.07, 6.45) is 0. The van der Waals surface area contributed by atoms with E-state index in [-0.39, 0.29) is 124 Å². The smallest absolute Gasteiger partial charge is 1.00 e. The molecule has 7 heavy (non-hydrogen) atoms. The first kappa shape index (κ1) is 74.3. The van der Waals surface area contributed by atoms with Crippen molar-refractivity contribution < 1.29 is 90.0 Å². The molecule has 0 N–H and O–H groups in total. The molecule has 0 heterocycles. The molecule has 0 aromatic rings. The van der Waals surface area contributed by atoms with Gasteiger partial charge in [-0.25, -0.2) is 0 Å². The van der Waals surface area contributed by atoms with Crippen LogP contribution in [0.5, 0.6) is 0 Å². The van der Waals surface area contributed by atoms with Crippen LogP contribution in [-0.4, -0.2) is 34.0 Å². The number of hydrogen-bond donors (Lipinski definition) is 0. The van der Waals surface area contributed by atoms with Gasteiger partial charge in [0.25, 0.3) is 0 Å². The Morgan fingerprint density at radius 1 is 1.14 bits per heavy atom. The summed E-state index contributed by atoms with van der Waals surface area (Å²) in [4.78, 5) is 0. The van der Waals surface area contributed by atoms with E-state index in [2.05, 4.69) is 0 Å². The van der Waals surface area contributed by atoms with E-state index < -0.39 is 0 Å². The summed E-state index contributed by atoms with van der Waals surface area (Å²) < 4.78 is 0. The van der Waals surface area contributed by atoms with E-state index in [1.54, 1.807) is 0 Å². The monoisotopic (exact) mass is 350 g/mol. The Labute approximate surface area is 122 Å². The third-order valence-corrected chi connectivity index (χ3v) is 0. The molecule has 0 aromatic carbocycles. The zero-order chi connectivity index (χ0) is 0. The van der Waals surface area contributed by atoms with E-state index in [4.69, 9.17) is 0 Å². The Hall–Kier alpha value is 3.66. The maximum absolute atomic E-state index is 0. The Bertz CT molecular complexity index is 26.5. The summed E-state index contributed by atoms with van der Waals surface area (Å²) >= 11 is 0. The molecule has 0 rings (SSSR count). The third kappa shape index (κ3) is 42.3. The molecule has 0 unspecified atom stereocenters. The van der Waals surface area contributed by atoms with Gasteiger partial charge in [0, 0.05) is 98.1 Å². The molecule has 0 aliphatic carbocycles. The zero-order valence-electron chi connectivity index (χ0n) is 5.26. The fraction of sp³-hybridized carbons (Fsp3) is 0. The normalized spacial score (nSPS) is 0. The van der Waals surface area contributed by atoms with Crippen LogP contribution in [0.25, 0.3) is 0 Å². The molecular weight excluding hydrogens is 351 g/mol. The largest absolute Gasteiger partial charge is 2.00 e. The predicted octanol–water partition coefficient (Wildman–Crippen LogP) is -0.549. The van der Waals surface area contributed by atoms with Gasteiger partial charge in [0.15, 0.2) is 0 Å². The molecule has 0 bridgehead atoms. The molecule has 0 spiro atoms. The van der Waals surface area contributed by atoms with Crippen molar-refractivity contribution in [2.24, 2.45) is 0 Å². The van der Waals surface area contributed by atoms with Crippen molar-refractivity contribution >= 4 is 34.0 Å². The second kappa shape index (κ2) is 54.1.